The van der Waals surface area contributed by atoms with Gasteiger partial charge in [0, 0.05) is 30.6 Å². The minimum absolute atomic E-state index is 0.0540. The molecule has 0 spiro atoms. The normalized spacial score (nSPS) is 20.0. The van der Waals surface area contributed by atoms with E-state index in [1.165, 1.54) is 0 Å². The van der Waals surface area contributed by atoms with Crippen molar-refractivity contribution in [1.29, 1.82) is 0 Å². The number of benzene rings is 2. The van der Waals surface area contributed by atoms with Crippen molar-refractivity contribution in [2.45, 2.75) is 57.1 Å². The summed E-state index contributed by atoms with van der Waals surface area (Å²) in [6.07, 6.45) is 3.38. The monoisotopic (exact) mass is 444 g/mol. The Morgan fingerprint density at radius 2 is 1.73 bits per heavy atom. The summed E-state index contributed by atoms with van der Waals surface area (Å²) in [5.41, 5.74) is 2.66. The molecule has 33 heavy (non-hydrogen) atoms. The van der Waals surface area contributed by atoms with E-state index in [4.69, 9.17) is 0 Å². The minimum atomic E-state index is -0.862. The first kappa shape index (κ1) is 23.0. The molecule has 1 aromatic heterocycles. The molecule has 1 aliphatic heterocycles. The standard InChI is InChI=1S/C28H32N2O3/c1-20(21-9-11-22(12-10-21)23-13-15-29-25(31)17-23)30-16-14-28(18-26(30)32,19-27(2,3)33)24-7-5-4-6-8-24/h4-13,15,17,20,33H,14,16,18-19H2,1-3H3,(H,29,31)/t20-,28?/m0/s1. The van der Waals surface area contributed by atoms with Crippen molar-refractivity contribution < 1.29 is 9.90 Å². The highest BCUT2D eigenvalue weighted by Gasteiger charge is 2.44. The van der Waals surface area contributed by atoms with Gasteiger partial charge in [-0.1, -0.05) is 54.6 Å². The zero-order valence-corrected chi connectivity index (χ0v) is 19.5. The van der Waals surface area contributed by atoms with Gasteiger partial charge in [-0.05, 0) is 61.9 Å². The molecule has 1 unspecified atom stereocenters. The van der Waals surface area contributed by atoms with Crippen LogP contribution < -0.4 is 5.56 Å². The Balaban J connectivity index is 1.54. The van der Waals surface area contributed by atoms with Crippen molar-refractivity contribution in [3.63, 3.8) is 0 Å². The molecule has 2 heterocycles. The largest absolute Gasteiger partial charge is 0.390 e. The van der Waals surface area contributed by atoms with Crippen LogP contribution in [0.1, 0.15) is 57.2 Å². The molecule has 1 aliphatic rings. The van der Waals surface area contributed by atoms with Crippen LogP contribution >= 0.6 is 0 Å². The number of carbonyl (C=O) groups is 1. The minimum Gasteiger partial charge on any atom is -0.390 e. The van der Waals surface area contributed by atoms with Gasteiger partial charge in [-0.25, -0.2) is 0 Å². The van der Waals surface area contributed by atoms with Crippen LogP contribution in [-0.4, -0.2) is 33.0 Å². The van der Waals surface area contributed by atoms with E-state index in [0.29, 0.717) is 19.4 Å². The third-order valence-electron chi connectivity index (χ3n) is 6.77. The Morgan fingerprint density at radius 3 is 2.33 bits per heavy atom. The second kappa shape index (κ2) is 8.99. The lowest BCUT2D eigenvalue weighted by molar-refractivity contribution is -0.139. The molecule has 0 bridgehead atoms. The molecule has 1 fully saturated rings. The second-order valence-electron chi connectivity index (χ2n) is 9.89. The third kappa shape index (κ3) is 5.09. The summed E-state index contributed by atoms with van der Waals surface area (Å²) in [5.74, 6) is 0.112. The topological polar surface area (TPSA) is 73.4 Å². The smallest absolute Gasteiger partial charge is 0.248 e. The summed E-state index contributed by atoms with van der Waals surface area (Å²) < 4.78 is 0. The maximum absolute atomic E-state index is 13.4. The van der Waals surface area contributed by atoms with Crippen molar-refractivity contribution in [2.24, 2.45) is 0 Å². The van der Waals surface area contributed by atoms with Gasteiger partial charge in [0.25, 0.3) is 0 Å². The molecule has 4 rings (SSSR count). The van der Waals surface area contributed by atoms with Gasteiger partial charge in [-0.3, -0.25) is 9.59 Å². The van der Waals surface area contributed by atoms with Crippen LogP contribution in [0.2, 0.25) is 0 Å². The lowest BCUT2D eigenvalue weighted by Gasteiger charge is -2.46. The lowest BCUT2D eigenvalue weighted by Crippen LogP contribution is -2.49. The maximum Gasteiger partial charge on any atom is 0.248 e. The van der Waals surface area contributed by atoms with Crippen LogP contribution in [0.15, 0.2) is 77.7 Å². The molecule has 1 amide bonds. The molecular formula is C28H32N2O3. The highest BCUT2D eigenvalue weighted by Crippen LogP contribution is 2.44. The molecule has 5 nitrogen and oxygen atoms in total. The fourth-order valence-electron chi connectivity index (χ4n) is 5.23. The average molecular weight is 445 g/mol. The van der Waals surface area contributed by atoms with Crippen LogP contribution in [0.4, 0.5) is 0 Å². The Kier molecular flexibility index (Phi) is 6.26. The van der Waals surface area contributed by atoms with Crippen LogP contribution in [0, 0.1) is 0 Å². The van der Waals surface area contributed by atoms with Crippen molar-refractivity contribution >= 4 is 5.91 Å². The quantitative estimate of drug-likeness (QED) is 0.572. The van der Waals surface area contributed by atoms with E-state index in [-0.39, 0.29) is 22.9 Å². The van der Waals surface area contributed by atoms with Gasteiger partial charge >= 0.3 is 0 Å². The number of amides is 1. The van der Waals surface area contributed by atoms with Crippen LogP contribution in [-0.2, 0) is 10.2 Å². The number of aromatic nitrogens is 1. The number of hydrogen-bond donors (Lipinski definition) is 2. The number of aliphatic hydroxyl groups is 1. The number of nitrogens with one attached hydrogen (secondary N) is 1. The Hall–Kier alpha value is -3.18. The first-order valence-corrected chi connectivity index (χ1v) is 11.5. The molecule has 172 valence electrons. The summed E-state index contributed by atoms with van der Waals surface area (Å²) in [5, 5.41) is 10.6. The molecular weight excluding hydrogens is 412 g/mol. The number of hydrogen-bond acceptors (Lipinski definition) is 3. The van der Waals surface area contributed by atoms with Crippen LogP contribution in [0.5, 0.6) is 0 Å². The first-order valence-electron chi connectivity index (χ1n) is 11.5. The molecule has 2 atom stereocenters. The van der Waals surface area contributed by atoms with Gasteiger partial charge in [-0.15, -0.1) is 0 Å². The van der Waals surface area contributed by atoms with Gasteiger partial charge in [-0.2, -0.15) is 0 Å². The number of carbonyl (C=O) groups excluding carboxylic acids is 1. The van der Waals surface area contributed by atoms with E-state index in [2.05, 4.69) is 24.0 Å². The van der Waals surface area contributed by atoms with E-state index in [9.17, 15) is 14.7 Å². The van der Waals surface area contributed by atoms with Gasteiger partial charge in [0.15, 0.2) is 0 Å². The number of nitrogens with zero attached hydrogens (tertiary/aromatic N) is 1. The summed E-state index contributed by atoms with van der Waals surface area (Å²) in [6.45, 7) is 6.34. The van der Waals surface area contributed by atoms with Crippen molar-refractivity contribution in [1.82, 2.24) is 9.88 Å². The van der Waals surface area contributed by atoms with Crippen molar-refractivity contribution in [2.75, 3.05) is 6.54 Å². The molecule has 1 saturated heterocycles. The third-order valence-corrected chi connectivity index (χ3v) is 6.77. The number of piperidine rings is 1. The summed E-state index contributed by atoms with van der Waals surface area (Å²) in [7, 11) is 0. The predicted molar refractivity (Wildman–Crippen MR) is 131 cm³/mol. The SMILES string of the molecule is C[C@@H](c1ccc(-c2cc[nH]c(=O)c2)cc1)N1CCC(CC(C)(C)O)(c2ccccc2)CC1=O. The van der Waals surface area contributed by atoms with E-state index in [1.807, 2.05) is 67.3 Å². The van der Waals surface area contributed by atoms with Gasteiger partial charge in [0.2, 0.25) is 11.5 Å². The van der Waals surface area contributed by atoms with Gasteiger partial charge in [0.05, 0.1) is 11.6 Å². The van der Waals surface area contributed by atoms with Gasteiger partial charge < -0.3 is 15.0 Å². The molecule has 3 aromatic rings. The van der Waals surface area contributed by atoms with Crippen molar-refractivity contribution in [3.8, 4) is 11.1 Å². The average Bonchev–Trinajstić information content (AvgIpc) is 2.78. The predicted octanol–water partition coefficient (Wildman–Crippen LogP) is 4.82. The van der Waals surface area contributed by atoms with Crippen LogP contribution in [0.25, 0.3) is 11.1 Å². The molecule has 0 saturated carbocycles. The molecule has 2 aromatic carbocycles. The molecule has 5 heteroatoms. The molecule has 0 radical (unpaired) electrons. The Bertz CT molecular complexity index is 1160. The zero-order chi connectivity index (χ0) is 23.6. The number of pyridine rings is 1. The molecule has 0 aliphatic carbocycles. The fourth-order valence-corrected chi connectivity index (χ4v) is 5.23. The van der Waals surface area contributed by atoms with E-state index in [0.717, 1.165) is 28.7 Å². The van der Waals surface area contributed by atoms with Crippen LogP contribution in [0.3, 0.4) is 0 Å². The Labute approximate surface area is 195 Å². The fraction of sp³-hybridized carbons (Fsp3) is 0.357. The van der Waals surface area contributed by atoms with E-state index < -0.39 is 5.60 Å². The first-order chi connectivity index (χ1) is 15.7. The van der Waals surface area contributed by atoms with E-state index in [1.54, 1.807) is 12.3 Å². The summed E-state index contributed by atoms with van der Waals surface area (Å²) in [4.78, 5) is 29.6. The summed E-state index contributed by atoms with van der Waals surface area (Å²) in [6, 6.07) is 21.6. The van der Waals surface area contributed by atoms with E-state index >= 15 is 0 Å². The number of likely N-dealkylation sites (tertiary alicyclic amines) is 1. The Morgan fingerprint density at radius 1 is 1.03 bits per heavy atom. The maximum atomic E-state index is 13.4. The zero-order valence-electron chi connectivity index (χ0n) is 19.5. The number of rotatable bonds is 6. The second-order valence-corrected chi connectivity index (χ2v) is 9.89. The highest BCUT2D eigenvalue weighted by molar-refractivity contribution is 5.79. The van der Waals surface area contributed by atoms with Crippen molar-refractivity contribution in [3.05, 3.63) is 94.4 Å². The summed E-state index contributed by atoms with van der Waals surface area (Å²) >= 11 is 0. The lowest BCUT2D eigenvalue weighted by atomic mass is 9.66. The number of H-pyrrole nitrogens is 1. The highest BCUT2D eigenvalue weighted by atomic mass is 16.3. The number of aromatic amines is 1. The van der Waals surface area contributed by atoms with Gasteiger partial charge in [0.1, 0.15) is 0 Å². The molecule has 2 N–H and O–H groups in total.